The third-order valence-corrected chi connectivity index (χ3v) is 3.51. The average Bonchev–Trinajstić information content (AvgIpc) is 2.65. The van der Waals surface area contributed by atoms with Gasteiger partial charge in [-0.2, -0.15) is 0 Å². The van der Waals surface area contributed by atoms with E-state index < -0.39 is 0 Å². The molecule has 0 spiro atoms. The van der Waals surface area contributed by atoms with Crippen molar-refractivity contribution >= 4 is 37.9 Å². The van der Waals surface area contributed by atoms with Gasteiger partial charge in [-0.1, -0.05) is 22.6 Å². The first kappa shape index (κ1) is 8.91. The molecular weight excluding hydrogens is 251 g/mol. The van der Waals surface area contributed by atoms with Crippen LogP contribution in [0.4, 0.5) is 0 Å². The Kier molecular flexibility index (Phi) is 4.14. The number of halogens is 1. The molecule has 1 saturated carbocycles. The van der Waals surface area contributed by atoms with Crippen LogP contribution in [0, 0.1) is 11.8 Å². The summed E-state index contributed by atoms with van der Waals surface area (Å²) in [5.41, 5.74) is 0. The average molecular weight is 265 g/mol. The first-order valence-corrected chi connectivity index (χ1v) is 6.88. The third kappa shape index (κ3) is 2.82. The molecule has 0 unspecified atom stereocenters. The van der Waals surface area contributed by atoms with Crippen LogP contribution in [0.3, 0.4) is 0 Å². The molecule has 0 N–H and O–H groups in total. The Morgan fingerprint density at radius 1 is 1.40 bits per heavy atom. The molecule has 1 radical (unpaired) electrons. The highest BCUT2D eigenvalue weighted by molar-refractivity contribution is 14.1. The zero-order valence-corrected chi connectivity index (χ0v) is 9.43. The van der Waals surface area contributed by atoms with Crippen LogP contribution in [-0.4, -0.2) is 19.7 Å². The summed E-state index contributed by atoms with van der Waals surface area (Å²) in [4.78, 5) is 0. The van der Waals surface area contributed by atoms with Crippen LogP contribution in [0.1, 0.15) is 19.3 Å². The molecule has 57 valence electrons. The predicted molar refractivity (Wildman–Crippen MR) is 57.4 cm³/mol. The van der Waals surface area contributed by atoms with Crippen molar-refractivity contribution in [3.63, 3.8) is 0 Å². The van der Waals surface area contributed by atoms with Crippen molar-refractivity contribution in [2.45, 2.75) is 25.3 Å². The fraction of sp³-hybridized carbons (Fsp3) is 0.875. The van der Waals surface area contributed by atoms with E-state index in [1.807, 2.05) is 0 Å². The molecule has 10 heavy (non-hydrogen) atoms. The number of alkyl halides is 1. The van der Waals surface area contributed by atoms with Crippen molar-refractivity contribution in [2.75, 3.05) is 4.43 Å². The minimum Gasteiger partial charge on any atom is -0.118 e. The van der Waals surface area contributed by atoms with Gasteiger partial charge in [0.05, 0.1) is 0 Å². The van der Waals surface area contributed by atoms with E-state index in [9.17, 15) is 0 Å². The van der Waals surface area contributed by atoms with E-state index in [-0.39, 0.29) is 0 Å². The number of hydrogen-bond donors (Lipinski definition) is 0. The van der Waals surface area contributed by atoms with Gasteiger partial charge in [0, 0.05) is 9.13 Å². The monoisotopic (exact) mass is 265 g/mol. The molecule has 0 heterocycles. The van der Waals surface area contributed by atoms with Crippen molar-refractivity contribution in [3.8, 4) is 0 Å². The minimum atomic E-state index is 0.930. The van der Waals surface area contributed by atoms with Gasteiger partial charge in [-0.25, -0.2) is 0 Å². The summed E-state index contributed by atoms with van der Waals surface area (Å²) in [6, 6.07) is 1.38. The van der Waals surface area contributed by atoms with E-state index in [0.29, 0.717) is 0 Å². The van der Waals surface area contributed by atoms with Crippen LogP contribution >= 0.6 is 22.6 Å². The molecule has 1 aliphatic carbocycles. The van der Waals surface area contributed by atoms with Crippen molar-refractivity contribution in [3.05, 3.63) is 0 Å². The molecule has 0 bridgehead atoms. The zero-order valence-electron chi connectivity index (χ0n) is 6.28. The van der Waals surface area contributed by atoms with Gasteiger partial charge in [0.25, 0.3) is 0 Å². The highest BCUT2D eigenvalue weighted by atomic mass is 127. The summed E-state index contributed by atoms with van der Waals surface area (Å²) in [7, 11) is 0.930. The normalized spacial score (nSPS) is 30.1. The predicted octanol–water partition coefficient (Wildman–Crippen LogP) is 2.39. The SMILES string of the molecule is C=[Si]CC[C@H]1C[C@H]1CCI. The first-order chi connectivity index (χ1) is 4.88. The van der Waals surface area contributed by atoms with Crippen molar-refractivity contribution in [1.82, 2.24) is 0 Å². The molecule has 0 aromatic carbocycles. The molecule has 0 aromatic heterocycles. The van der Waals surface area contributed by atoms with Crippen LogP contribution in [0.15, 0.2) is 0 Å². The lowest BCUT2D eigenvalue weighted by atomic mass is 10.2. The zero-order chi connectivity index (χ0) is 7.40. The molecule has 0 aromatic rings. The Morgan fingerprint density at radius 2 is 2.10 bits per heavy atom. The summed E-state index contributed by atoms with van der Waals surface area (Å²) < 4.78 is 1.35. The van der Waals surface area contributed by atoms with Gasteiger partial charge < -0.3 is 0 Å². The van der Waals surface area contributed by atoms with Gasteiger partial charge in [-0.05, 0) is 41.6 Å². The van der Waals surface area contributed by atoms with Crippen LogP contribution in [0.5, 0.6) is 0 Å². The Hall–Kier alpha value is 0.817. The van der Waals surface area contributed by atoms with Gasteiger partial charge in [0.1, 0.15) is 0 Å². The second-order valence-electron chi connectivity index (χ2n) is 3.02. The smallest absolute Gasteiger partial charge is 0.0111 e. The fourth-order valence-corrected chi connectivity index (χ4v) is 2.82. The molecule has 0 saturated heterocycles. The van der Waals surface area contributed by atoms with Crippen molar-refractivity contribution in [1.29, 1.82) is 0 Å². The van der Waals surface area contributed by atoms with E-state index in [1.165, 1.54) is 29.7 Å². The lowest BCUT2D eigenvalue weighted by molar-refractivity contribution is 0.670. The molecule has 1 aliphatic rings. The summed E-state index contributed by atoms with van der Waals surface area (Å²) >= 11 is 2.48. The second kappa shape index (κ2) is 4.65. The Bertz CT molecular complexity index is 114. The number of rotatable bonds is 5. The van der Waals surface area contributed by atoms with Crippen LogP contribution in [0.25, 0.3) is 0 Å². The molecule has 0 aliphatic heterocycles. The second-order valence-corrected chi connectivity index (χ2v) is 5.10. The molecule has 0 nitrogen and oxygen atoms in total. The third-order valence-electron chi connectivity index (χ3n) is 2.24. The molecule has 1 fully saturated rings. The maximum atomic E-state index is 3.88. The largest absolute Gasteiger partial charge is 0.118 e. The van der Waals surface area contributed by atoms with Crippen LogP contribution in [0.2, 0.25) is 6.04 Å². The molecule has 1 rings (SSSR count). The summed E-state index contributed by atoms with van der Waals surface area (Å²) in [5, 5.41) is 0. The van der Waals surface area contributed by atoms with Gasteiger partial charge in [0.15, 0.2) is 0 Å². The lowest BCUT2D eigenvalue weighted by Crippen LogP contribution is -1.85. The topological polar surface area (TPSA) is 0 Å². The van der Waals surface area contributed by atoms with Crippen LogP contribution in [-0.2, 0) is 0 Å². The highest BCUT2D eigenvalue weighted by Crippen LogP contribution is 2.44. The van der Waals surface area contributed by atoms with E-state index >= 15 is 0 Å². The molecule has 0 amide bonds. The van der Waals surface area contributed by atoms with Gasteiger partial charge in [0.2, 0.25) is 0 Å². The molecule has 2 atom stereocenters. The van der Waals surface area contributed by atoms with Gasteiger partial charge in [-0.3, -0.25) is 0 Å². The Morgan fingerprint density at radius 3 is 2.70 bits per heavy atom. The molecular formula is C8H14ISi. The van der Waals surface area contributed by atoms with E-state index in [4.69, 9.17) is 0 Å². The standard InChI is InChI=1S/C8H14ISi/c1-10-5-3-8-6-7(8)2-4-9/h7-8H,1-6H2/t7-,8+/m1/s1. The summed E-state index contributed by atoms with van der Waals surface area (Å²) in [6.07, 6.45) is 8.33. The molecule has 2 heteroatoms. The van der Waals surface area contributed by atoms with Crippen molar-refractivity contribution in [2.24, 2.45) is 11.8 Å². The Labute approximate surface area is 79.4 Å². The minimum absolute atomic E-state index is 0.930. The van der Waals surface area contributed by atoms with Gasteiger partial charge in [-0.15, -0.1) is 6.17 Å². The maximum absolute atomic E-state index is 3.88. The Balaban J connectivity index is 1.96. The quantitative estimate of drug-likeness (QED) is 0.407. The van der Waals surface area contributed by atoms with E-state index in [1.54, 1.807) is 0 Å². The van der Waals surface area contributed by atoms with E-state index in [2.05, 4.69) is 28.8 Å². The summed E-state index contributed by atoms with van der Waals surface area (Å²) in [6.45, 7) is 0. The van der Waals surface area contributed by atoms with E-state index in [0.717, 1.165) is 21.0 Å². The maximum Gasteiger partial charge on any atom is 0.0111 e. The summed E-state index contributed by atoms with van der Waals surface area (Å²) in [5.74, 6) is 2.21. The van der Waals surface area contributed by atoms with Crippen molar-refractivity contribution < 1.29 is 0 Å². The van der Waals surface area contributed by atoms with Crippen LogP contribution < -0.4 is 0 Å². The number of hydrogen-bond acceptors (Lipinski definition) is 0. The highest BCUT2D eigenvalue weighted by Gasteiger charge is 2.34. The van der Waals surface area contributed by atoms with Gasteiger partial charge >= 0.3 is 0 Å². The lowest BCUT2D eigenvalue weighted by Gasteiger charge is -1.93. The first-order valence-electron chi connectivity index (χ1n) is 3.94. The fourth-order valence-electron chi connectivity index (χ4n) is 1.45.